The maximum absolute atomic E-state index is 12.0. The van der Waals surface area contributed by atoms with E-state index in [0.717, 1.165) is 25.1 Å². The molecule has 6 aliphatic rings. The second kappa shape index (κ2) is 4.42. The number of piperidine rings is 4. The molecule has 4 saturated heterocycles. The number of benzene rings is 1. The highest BCUT2D eigenvalue weighted by Crippen LogP contribution is 2.66. The Kier molecular flexibility index (Phi) is 2.52. The van der Waals surface area contributed by atoms with Gasteiger partial charge in [-0.3, -0.25) is 14.7 Å². The number of hydrogen-bond acceptors (Lipinski definition) is 4. The summed E-state index contributed by atoms with van der Waals surface area (Å²) in [5.41, 5.74) is 5.00. The SMILES string of the molecule is CC=C1CN2[C@H]3C[C@@H]1[C@@H]1[C@@H](OC(C)=O)[C@@]4(C[C@@H]12)C3=Nc1ccccc14. The first-order valence-corrected chi connectivity index (χ1v) is 9.42. The third-order valence-corrected chi connectivity index (χ3v) is 7.48. The fraction of sp³-hybridized carbons (Fsp3) is 0.524. The summed E-state index contributed by atoms with van der Waals surface area (Å²) >= 11 is 0. The number of nitrogens with zero attached hydrogens (tertiary/aromatic N) is 2. The standard InChI is InChI=1S/C21H22N2O2/c1-3-12-10-23-16-8-13(12)18-17(23)9-21(20(18)25-11(2)24)14-6-4-5-7-15(14)22-19(16)21/h3-7,13,16-18,20H,8-10H2,1-2H3/t13-,16-,17-,18-,20+,21+/m0/s1. The van der Waals surface area contributed by atoms with E-state index in [1.165, 1.54) is 16.8 Å². The number of carbonyl (C=O) groups excluding carboxylic acids is 1. The highest BCUT2D eigenvalue weighted by atomic mass is 16.5. The first-order valence-electron chi connectivity index (χ1n) is 9.42. The molecule has 1 aromatic carbocycles. The lowest BCUT2D eigenvalue weighted by Gasteiger charge is -2.55. The predicted octanol–water partition coefficient (Wildman–Crippen LogP) is 2.99. The minimum Gasteiger partial charge on any atom is -0.461 e. The summed E-state index contributed by atoms with van der Waals surface area (Å²) in [6, 6.07) is 9.42. The predicted molar refractivity (Wildman–Crippen MR) is 95.0 cm³/mol. The van der Waals surface area contributed by atoms with Gasteiger partial charge < -0.3 is 4.74 Å². The van der Waals surface area contributed by atoms with E-state index in [0.29, 0.717) is 23.9 Å². The number of rotatable bonds is 1. The lowest BCUT2D eigenvalue weighted by molar-refractivity contribution is -0.152. The normalized spacial score (nSPS) is 46.2. The van der Waals surface area contributed by atoms with Crippen LogP contribution in [0.1, 0.15) is 32.3 Å². The molecule has 1 aliphatic carbocycles. The van der Waals surface area contributed by atoms with Gasteiger partial charge in [-0.25, -0.2) is 0 Å². The van der Waals surface area contributed by atoms with Gasteiger partial charge in [-0.1, -0.05) is 29.8 Å². The zero-order valence-corrected chi connectivity index (χ0v) is 14.6. The van der Waals surface area contributed by atoms with E-state index >= 15 is 0 Å². The first-order chi connectivity index (χ1) is 12.1. The van der Waals surface area contributed by atoms with E-state index < -0.39 is 0 Å². The molecular weight excluding hydrogens is 312 g/mol. The smallest absolute Gasteiger partial charge is 0.302 e. The van der Waals surface area contributed by atoms with Crippen LogP contribution in [0.5, 0.6) is 0 Å². The minimum atomic E-state index is -0.184. The molecule has 7 atom stereocenters. The number of carbonyl (C=O) groups is 1. The Morgan fingerprint density at radius 3 is 3.04 bits per heavy atom. The van der Waals surface area contributed by atoms with Gasteiger partial charge in [0.2, 0.25) is 0 Å². The molecule has 25 heavy (non-hydrogen) atoms. The summed E-state index contributed by atoms with van der Waals surface area (Å²) in [6.07, 6.45) is 4.40. The molecule has 0 aromatic heterocycles. The number of esters is 1. The fourth-order valence-corrected chi connectivity index (χ4v) is 6.78. The molecule has 4 heteroatoms. The van der Waals surface area contributed by atoms with Crippen molar-refractivity contribution in [1.29, 1.82) is 0 Å². The van der Waals surface area contributed by atoms with Gasteiger partial charge in [-0.05, 0) is 37.3 Å². The van der Waals surface area contributed by atoms with Gasteiger partial charge in [0.15, 0.2) is 0 Å². The summed E-state index contributed by atoms with van der Waals surface area (Å²) < 4.78 is 6.09. The van der Waals surface area contributed by atoms with Crippen molar-refractivity contribution in [2.45, 2.75) is 50.3 Å². The molecule has 1 unspecified atom stereocenters. The van der Waals surface area contributed by atoms with Crippen LogP contribution in [0.4, 0.5) is 5.69 Å². The molecule has 5 aliphatic heterocycles. The number of aliphatic imine (C=N–C) groups is 1. The lowest BCUT2D eigenvalue weighted by atomic mass is 9.66. The van der Waals surface area contributed by atoms with Gasteiger partial charge in [-0.15, -0.1) is 0 Å². The van der Waals surface area contributed by atoms with E-state index in [1.54, 1.807) is 6.92 Å². The van der Waals surface area contributed by atoms with Gasteiger partial charge in [-0.2, -0.15) is 0 Å². The zero-order valence-electron chi connectivity index (χ0n) is 14.6. The summed E-state index contributed by atoms with van der Waals surface area (Å²) in [6.45, 7) is 4.77. The van der Waals surface area contributed by atoms with Crippen molar-refractivity contribution in [3.63, 3.8) is 0 Å². The second-order valence-corrected chi connectivity index (χ2v) is 8.26. The number of fused-ring (bicyclic) bond motifs is 2. The molecule has 1 spiro atoms. The third kappa shape index (κ3) is 1.46. The number of allylic oxidation sites excluding steroid dienone is 1. The van der Waals surface area contributed by atoms with Gasteiger partial charge >= 0.3 is 5.97 Å². The van der Waals surface area contributed by atoms with Crippen molar-refractivity contribution in [2.75, 3.05) is 6.54 Å². The summed E-state index contributed by atoms with van der Waals surface area (Å²) in [5.74, 6) is 0.778. The average molecular weight is 334 g/mol. The molecule has 5 heterocycles. The van der Waals surface area contributed by atoms with E-state index in [9.17, 15) is 4.79 Å². The van der Waals surface area contributed by atoms with Gasteiger partial charge in [0.1, 0.15) is 6.10 Å². The Balaban J connectivity index is 1.62. The van der Waals surface area contributed by atoms with Crippen LogP contribution in [0.25, 0.3) is 0 Å². The highest BCUT2D eigenvalue weighted by Gasteiger charge is 2.73. The van der Waals surface area contributed by atoms with Crippen molar-refractivity contribution in [2.24, 2.45) is 16.8 Å². The lowest BCUT2D eigenvalue weighted by Crippen LogP contribution is -2.64. The van der Waals surface area contributed by atoms with Crippen LogP contribution >= 0.6 is 0 Å². The fourth-order valence-electron chi connectivity index (χ4n) is 6.78. The zero-order chi connectivity index (χ0) is 16.9. The monoisotopic (exact) mass is 334 g/mol. The number of hydrogen-bond donors (Lipinski definition) is 0. The Morgan fingerprint density at radius 1 is 1.40 bits per heavy atom. The quantitative estimate of drug-likeness (QED) is 0.586. The molecule has 1 saturated carbocycles. The minimum absolute atomic E-state index is 0.0763. The number of ether oxygens (including phenoxy) is 1. The van der Waals surface area contributed by atoms with Crippen molar-refractivity contribution < 1.29 is 9.53 Å². The van der Waals surface area contributed by atoms with Crippen molar-refractivity contribution >= 4 is 17.4 Å². The number of para-hydroxylation sites is 1. The largest absolute Gasteiger partial charge is 0.461 e. The van der Waals surface area contributed by atoms with Crippen molar-refractivity contribution in [3.05, 3.63) is 41.5 Å². The molecular formula is C21H22N2O2. The molecule has 0 amide bonds. The summed E-state index contributed by atoms with van der Waals surface area (Å²) in [5, 5.41) is 0. The van der Waals surface area contributed by atoms with E-state index in [-0.39, 0.29) is 17.5 Å². The van der Waals surface area contributed by atoms with Crippen molar-refractivity contribution in [1.82, 2.24) is 4.90 Å². The first kappa shape index (κ1) is 14.3. The Labute approximate surface area is 147 Å². The second-order valence-electron chi connectivity index (χ2n) is 8.26. The van der Waals surface area contributed by atoms with E-state index in [1.807, 2.05) is 0 Å². The van der Waals surface area contributed by atoms with Gasteiger partial charge in [0.25, 0.3) is 0 Å². The van der Waals surface area contributed by atoms with Gasteiger partial charge in [0.05, 0.1) is 22.9 Å². The summed E-state index contributed by atoms with van der Waals surface area (Å²) in [7, 11) is 0. The van der Waals surface area contributed by atoms with Crippen LogP contribution in [0.3, 0.4) is 0 Å². The molecule has 128 valence electrons. The van der Waals surface area contributed by atoms with E-state index in [2.05, 4.69) is 42.2 Å². The maximum Gasteiger partial charge on any atom is 0.302 e. The molecule has 7 rings (SSSR count). The molecule has 4 nitrogen and oxygen atoms in total. The molecule has 5 fully saturated rings. The van der Waals surface area contributed by atoms with E-state index in [4.69, 9.17) is 9.73 Å². The molecule has 5 bridgehead atoms. The Morgan fingerprint density at radius 2 is 2.24 bits per heavy atom. The highest BCUT2D eigenvalue weighted by molar-refractivity contribution is 6.08. The maximum atomic E-state index is 12.0. The van der Waals surface area contributed by atoms with Gasteiger partial charge in [0, 0.05) is 25.4 Å². The Bertz CT molecular complexity index is 872. The summed E-state index contributed by atoms with van der Waals surface area (Å²) in [4.78, 5) is 19.8. The molecule has 0 N–H and O–H groups in total. The van der Waals surface area contributed by atoms with Crippen LogP contribution < -0.4 is 0 Å². The third-order valence-electron chi connectivity index (χ3n) is 7.48. The molecule has 1 aromatic rings. The van der Waals surface area contributed by atoms with Crippen LogP contribution in [-0.2, 0) is 14.9 Å². The van der Waals surface area contributed by atoms with Crippen LogP contribution in [0.2, 0.25) is 0 Å². The van der Waals surface area contributed by atoms with Crippen LogP contribution in [0.15, 0.2) is 40.9 Å². The van der Waals surface area contributed by atoms with Crippen molar-refractivity contribution in [3.8, 4) is 0 Å². The average Bonchev–Trinajstić information content (AvgIpc) is 3.09. The topological polar surface area (TPSA) is 41.9 Å². The Hall–Kier alpha value is -1.94. The van der Waals surface area contributed by atoms with Crippen LogP contribution in [-0.4, -0.2) is 41.3 Å². The van der Waals surface area contributed by atoms with Crippen LogP contribution in [0, 0.1) is 11.8 Å². The molecule has 0 radical (unpaired) electrons.